The van der Waals surface area contributed by atoms with Gasteiger partial charge < -0.3 is 19.5 Å². The highest BCUT2D eigenvalue weighted by atomic mass is 16.5. The molecule has 0 aliphatic carbocycles. The molecular formula is C27H29N3O3. The zero-order valence-electron chi connectivity index (χ0n) is 19.3. The van der Waals surface area contributed by atoms with Crippen LogP contribution in [0.1, 0.15) is 32.9 Å². The number of carbonyl (C=O) groups is 2. The highest BCUT2D eigenvalue weighted by Crippen LogP contribution is 2.23. The Labute approximate surface area is 194 Å². The van der Waals surface area contributed by atoms with E-state index in [9.17, 15) is 9.59 Å². The Hall–Kier alpha value is -3.64. The van der Waals surface area contributed by atoms with Crippen LogP contribution in [0.3, 0.4) is 0 Å². The summed E-state index contributed by atoms with van der Waals surface area (Å²) in [6, 6.07) is 17.6. The molecule has 1 aromatic heterocycles. The largest absolute Gasteiger partial charge is 0.378 e. The highest BCUT2D eigenvalue weighted by Gasteiger charge is 2.21. The summed E-state index contributed by atoms with van der Waals surface area (Å²) in [7, 11) is 0. The molecule has 6 nitrogen and oxygen atoms in total. The van der Waals surface area contributed by atoms with E-state index in [1.165, 1.54) is 6.08 Å². The maximum absolute atomic E-state index is 12.9. The van der Waals surface area contributed by atoms with Gasteiger partial charge in [-0.3, -0.25) is 9.59 Å². The van der Waals surface area contributed by atoms with Gasteiger partial charge >= 0.3 is 0 Å². The Kier molecular flexibility index (Phi) is 6.75. The van der Waals surface area contributed by atoms with Gasteiger partial charge in [0, 0.05) is 47.5 Å². The summed E-state index contributed by atoms with van der Waals surface area (Å²) in [5.74, 6) is -0.269. The van der Waals surface area contributed by atoms with Crippen molar-refractivity contribution in [2.24, 2.45) is 0 Å². The van der Waals surface area contributed by atoms with Crippen LogP contribution in [0.25, 0.3) is 11.8 Å². The number of para-hydroxylation sites is 1. The van der Waals surface area contributed by atoms with E-state index in [2.05, 4.69) is 35.0 Å². The predicted molar refractivity (Wildman–Crippen MR) is 131 cm³/mol. The Morgan fingerprint density at radius 2 is 1.70 bits per heavy atom. The van der Waals surface area contributed by atoms with Crippen molar-refractivity contribution in [2.75, 3.05) is 31.6 Å². The Balaban J connectivity index is 1.49. The van der Waals surface area contributed by atoms with Crippen LogP contribution in [0.4, 0.5) is 5.69 Å². The number of morpholine rings is 1. The summed E-state index contributed by atoms with van der Waals surface area (Å²) in [6.07, 6.45) is 3.36. The molecule has 0 spiro atoms. The summed E-state index contributed by atoms with van der Waals surface area (Å²) in [6.45, 7) is 8.23. The van der Waals surface area contributed by atoms with E-state index in [0.717, 1.165) is 28.2 Å². The molecule has 2 amide bonds. The number of hydrogen-bond donors (Lipinski definition) is 1. The summed E-state index contributed by atoms with van der Waals surface area (Å²) in [5, 5.41) is 2.92. The van der Waals surface area contributed by atoms with E-state index < -0.39 is 0 Å². The number of hydrogen-bond acceptors (Lipinski definition) is 3. The van der Waals surface area contributed by atoms with E-state index in [0.29, 0.717) is 37.6 Å². The van der Waals surface area contributed by atoms with Gasteiger partial charge in [-0.1, -0.05) is 24.3 Å². The molecule has 1 saturated heterocycles. The first-order valence-electron chi connectivity index (χ1n) is 11.2. The first-order valence-corrected chi connectivity index (χ1v) is 11.2. The number of benzene rings is 2. The van der Waals surface area contributed by atoms with E-state index in [-0.39, 0.29) is 11.8 Å². The zero-order chi connectivity index (χ0) is 23.4. The van der Waals surface area contributed by atoms with E-state index in [1.54, 1.807) is 17.0 Å². The van der Waals surface area contributed by atoms with Crippen molar-refractivity contribution in [2.45, 2.75) is 20.8 Å². The lowest BCUT2D eigenvalue weighted by Gasteiger charge is -2.27. The second-order valence-corrected chi connectivity index (χ2v) is 8.20. The Morgan fingerprint density at radius 1 is 0.970 bits per heavy atom. The molecule has 1 N–H and O–H groups in total. The first kappa shape index (κ1) is 22.6. The molecule has 6 heteroatoms. The molecular weight excluding hydrogens is 414 g/mol. The molecule has 0 atom stereocenters. The summed E-state index contributed by atoms with van der Waals surface area (Å²) in [4.78, 5) is 27.4. The number of rotatable bonds is 5. The van der Waals surface area contributed by atoms with Gasteiger partial charge in [0.05, 0.1) is 13.2 Å². The lowest BCUT2D eigenvalue weighted by molar-refractivity contribution is -0.111. The van der Waals surface area contributed by atoms with Crippen LogP contribution in [-0.2, 0) is 9.53 Å². The van der Waals surface area contributed by atoms with Gasteiger partial charge in [-0.25, -0.2) is 0 Å². The van der Waals surface area contributed by atoms with Gasteiger partial charge in [-0.2, -0.15) is 0 Å². The average Bonchev–Trinajstić information content (AvgIpc) is 3.12. The van der Waals surface area contributed by atoms with E-state index in [1.807, 2.05) is 44.2 Å². The number of anilines is 1. The summed E-state index contributed by atoms with van der Waals surface area (Å²) in [5.41, 5.74) is 6.25. The SMILES string of the molecule is Cc1c(NC(=O)/C=C/c2cc(C)n(-c3ccccc3)c2C)cccc1C(=O)N1CCOCC1. The van der Waals surface area contributed by atoms with Gasteiger partial charge in [0.15, 0.2) is 0 Å². The molecule has 3 aromatic rings. The molecule has 0 saturated carbocycles. The summed E-state index contributed by atoms with van der Waals surface area (Å²) >= 11 is 0. The van der Waals surface area contributed by atoms with Crippen molar-refractivity contribution in [3.05, 3.63) is 88.8 Å². The van der Waals surface area contributed by atoms with Crippen LogP contribution >= 0.6 is 0 Å². The molecule has 0 radical (unpaired) electrons. The Bertz CT molecular complexity index is 1190. The third-order valence-electron chi connectivity index (χ3n) is 6.02. The fourth-order valence-corrected chi connectivity index (χ4v) is 4.21. The van der Waals surface area contributed by atoms with E-state index >= 15 is 0 Å². The van der Waals surface area contributed by atoms with Crippen LogP contribution < -0.4 is 5.32 Å². The van der Waals surface area contributed by atoms with Gasteiger partial charge in [0.25, 0.3) is 5.91 Å². The van der Waals surface area contributed by atoms with Crippen molar-refractivity contribution in [1.82, 2.24) is 9.47 Å². The zero-order valence-corrected chi connectivity index (χ0v) is 19.3. The van der Waals surface area contributed by atoms with Crippen LogP contribution in [0.15, 0.2) is 60.7 Å². The smallest absolute Gasteiger partial charge is 0.254 e. The van der Waals surface area contributed by atoms with Gasteiger partial charge in [-0.05, 0) is 68.3 Å². The average molecular weight is 444 g/mol. The number of aromatic nitrogens is 1. The minimum absolute atomic E-state index is 0.0317. The topological polar surface area (TPSA) is 63.6 Å². The fourth-order valence-electron chi connectivity index (χ4n) is 4.21. The Morgan fingerprint density at radius 3 is 2.42 bits per heavy atom. The number of aryl methyl sites for hydroxylation is 1. The first-order chi connectivity index (χ1) is 16.0. The van der Waals surface area contributed by atoms with Gasteiger partial charge in [-0.15, -0.1) is 0 Å². The number of carbonyl (C=O) groups excluding carboxylic acids is 2. The molecule has 1 aliphatic rings. The maximum atomic E-state index is 12.9. The third kappa shape index (κ3) is 4.91. The van der Waals surface area contributed by atoms with Crippen molar-refractivity contribution in [1.29, 1.82) is 0 Å². The number of ether oxygens (including phenoxy) is 1. The van der Waals surface area contributed by atoms with E-state index in [4.69, 9.17) is 4.74 Å². The molecule has 0 unspecified atom stereocenters. The van der Waals surface area contributed by atoms with Crippen LogP contribution in [-0.4, -0.2) is 47.6 Å². The monoisotopic (exact) mass is 443 g/mol. The second kappa shape index (κ2) is 9.88. The molecule has 0 bridgehead atoms. The van der Waals surface area contributed by atoms with Gasteiger partial charge in [0.1, 0.15) is 0 Å². The molecule has 4 rings (SSSR count). The highest BCUT2D eigenvalue weighted by molar-refractivity contribution is 6.04. The number of amides is 2. The molecule has 2 aromatic carbocycles. The molecule has 33 heavy (non-hydrogen) atoms. The number of nitrogens with zero attached hydrogens (tertiary/aromatic N) is 2. The van der Waals surface area contributed by atoms with Crippen molar-refractivity contribution in [3.63, 3.8) is 0 Å². The summed E-state index contributed by atoms with van der Waals surface area (Å²) < 4.78 is 7.51. The minimum Gasteiger partial charge on any atom is -0.378 e. The van der Waals surface area contributed by atoms with Crippen molar-refractivity contribution >= 4 is 23.6 Å². The minimum atomic E-state index is -0.237. The van der Waals surface area contributed by atoms with Crippen molar-refractivity contribution < 1.29 is 14.3 Å². The number of nitrogens with one attached hydrogen (secondary N) is 1. The van der Waals surface area contributed by atoms with Crippen LogP contribution in [0.2, 0.25) is 0 Å². The fraction of sp³-hybridized carbons (Fsp3) is 0.259. The second-order valence-electron chi connectivity index (χ2n) is 8.20. The van der Waals surface area contributed by atoms with Crippen LogP contribution in [0.5, 0.6) is 0 Å². The normalized spacial score (nSPS) is 14.0. The lowest BCUT2D eigenvalue weighted by atomic mass is 10.0. The molecule has 170 valence electrons. The molecule has 2 heterocycles. The molecule has 1 aliphatic heterocycles. The van der Waals surface area contributed by atoms with Gasteiger partial charge in [0.2, 0.25) is 5.91 Å². The quantitative estimate of drug-likeness (QED) is 0.590. The van der Waals surface area contributed by atoms with Crippen molar-refractivity contribution in [3.8, 4) is 5.69 Å². The lowest BCUT2D eigenvalue weighted by Crippen LogP contribution is -2.41. The third-order valence-corrected chi connectivity index (χ3v) is 6.02. The predicted octanol–water partition coefficient (Wildman–Crippen LogP) is 4.53. The standard InChI is InChI=1S/C27H29N3O3/c1-19-18-22(21(3)30(19)23-8-5-4-6-9-23)12-13-26(31)28-25-11-7-10-24(20(25)2)27(32)29-14-16-33-17-15-29/h4-13,18H,14-17H2,1-3H3,(H,28,31)/b13-12+. The van der Waals surface area contributed by atoms with Crippen LogP contribution in [0, 0.1) is 20.8 Å². The maximum Gasteiger partial charge on any atom is 0.254 e. The molecule has 1 fully saturated rings.